The highest BCUT2D eigenvalue weighted by Crippen LogP contribution is 2.26. The Bertz CT molecular complexity index is 922. The third-order valence-electron chi connectivity index (χ3n) is 5.49. The lowest BCUT2D eigenvalue weighted by atomic mass is 9.99. The zero-order valence-electron chi connectivity index (χ0n) is 18.7. The first-order valence-electron chi connectivity index (χ1n) is 10.6. The number of carbonyl (C=O) groups is 2. The summed E-state index contributed by atoms with van der Waals surface area (Å²) >= 11 is 0. The highest BCUT2D eigenvalue weighted by atomic mass is 16.5. The average Bonchev–Trinajstić information content (AvgIpc) is 2.77. The van der Waals surface area contributed by atoms with Gasteiger partial charge in [0, 0.05) is 48.2 Å². The quantitative estimate of drug-likeness (QED) is 0.703. The molecule has 2 amide bonds. The number of rotatable bonds is 7. The van der Waals surface area contributed by atoms with Crippen LogP contribution in [0.15, 0.2) is 36.4 Å². The van der Waals surface area contributed by atoms with Crippen molar-refractivity contribution in [2.45, 2.75) is 26.7 Å². The normalized spacial score (nSPS) is 15.9. The van der Waals surface area contributed by atoms with Crippen molar-refractivity contribution in [3.63, 3.8) is 0 Å². The van der Waals surface area contributed by atoms with Crippen LogP contribution in [-0.2, 0) is 4.79 Å². The lowest BCUT2D eigenvalue weighted by Crippen LogP contribution is -2.39. The number of benzene rings is 2. The zero-order valence-corrected chi connectivity index (χ0v) is 18.7. The number of carbonyl (C=O) groups excluding carboxylic acids is 2. The summed E-state index contributed by atoms with van der Waals surface area (Å²) in [4.78, 5) is 27.1. The molecule has 0 aliphatic carbocycles. The number of aryl methyl sites for hydroxylation is 1. The lowest BCUT2D eigenvalue weighted by molar-refractivity contribution is -0.114. The van der Waals surface area contributed by atoms with Crippen molar-refractivity contribution in [2.75, 3.05) is 44.5 Å². The topological polar surface area (TPSA) is 79.9 Å². The number of nitrogens with zero attached hydrogens (tertiary/aromatic N) is 1. The van der Waals surface area contributed by atoms with Crippen molar-refractivity contribution in [1.29, 1.82) is 0 Å². The van der Waals surface area contributed by atoms with Gasteiger partial charge >= 0.3 is 0 Å². The van der Waals surface area contributed by atoms with Crippen molar-refractivity contribution >= 4 is 23.2 Å². The molecule has 0 radical (unpaired) electrons. The van der Waals surface area contributed by atoms with Crippen LogP contribution >= 0.6 is 0 Å². The van der Waals surface area contributed by atoms with E-state index in [1.165, 1.54) is 6.42 Å². The van der Waals surface area contributed by atoms with E-state index >= 15 is 0 Å². The molecule has 2 N–H and O–H groups in total. The van der Waals surface area contributed by atoms with Crippen molar-refractivity contribution in [1.82, 2.24) is 4.90 Å². The molecule has 1 fully saturated rings. The SMILES string of the molecule is COc1cc(NC(=O)CNc2ccc(C(=O)N3CCCC(C)C3)cc2C)cc(OC)c1. The summed E-state index contributed by atoms with van der Waals surface area (Å²) in [6.07, 6.45) is 2.23. The van der Waals surface area contributed by atoms with Crippen LogP contribution in [-0.4, -0.2) is 50.6 Å². The molecule has 0 aromatic heterocycles. The van der Waals surface area contributed by atoms with Gasteiger partial charge < -0.3 is 25.0 Å². The van der Waals surface area contributed by atoms with E-state index in [9.17, 15) is 9.59 Å². The fourth-order valence-corrected chi connectivity index (χ4v) is 3.81. The maximum atomic E-state index is 12.8. The minimum Gasteiger partial charge on any atom is -0.497 e. The highest BCUT2D eigenvalue weighted by molar-refractivity contribution is 5.96. The van der Waals surface area contributed by atoms with Gasteiger partial charge in [-0.15, -0.1) is 0 Å². The third kappa shape index (κ3) is 5.90. The Labute approximate surface area is 183 Å². The van der Waals surface area contributed by atoms with E-state index in [4.69, 9.17) is 9.47 Å². The van der Waals surface area contributed by atoms with Crippen molar-refractivity contribution in [3.05, 3.63) is 47.5 Å². The van der Waals surface area contributed by atoms with E-state index in [-0.39, 0.29) is 18.4 Å². The molecule has 166 valence electrons. The molecule has 1 heterocycles. The first-order chi connectivity index (χ1) is 14.9. The number of likely N-dealkylation sites (tertiary alicyclic amines) is 1. The smallest absolute Gasteiger partial charge is 0.253 e. The van der Waals surface area contributed by atoms with Gasteiger partial charge in [0.05, 0.1) is 20.8 Å². The standard InChI is InChI=1S/C24H31N3O4/c1-16-6-5-9-27(15-16)24(29)18-7-8-22(17(2)10-18)25-14-23(28)26-19-11-20(30-3)13-21(12-19)31-4/h7-8,10-13,16,25H,5-6,9,14-15H2,1-4H3,(H,26,28). The van der Waals surface area contributed by atoms with Gasteiger partial charge in [0.1, 0.15) is 11.5 Å². The summed E-state index contributed by atoms with van der Waals surface area (Å²) in [5.74, 6) is 1.62. The molecule has 7 heteroatoms. The molecule has 7 nitrogen and oxygen atoms in total. The zero-order chi connectivity index (χ0) is 22.4. The van der Waals surface area contributed by atoms with Crippen molar-refractivity contribution < 1.29 is 19.1 Å². The van der Waals surface area contributed by atoms with Gasteiger partial charge in [0.15, 0.2) is 0 Å². The Hall–Kier alpha value is -3.22. The minimum atomic E-state index is -0.197. The number of anilines is 2. The molecular weight excluding hydrogens is 394 g/mol. The van der Waals surface area contributed by atoms with Crippen LogP contribution in [0, 0.1) is 12.8 Å². The molecule has 31 heavy (non-hydrogen) atoms. The fraction of sp³-hybridized carbons (Fsp3) is 0.417. The number of nitrogens with one attached hydrogen (secondary N) is 2. The largest absolute Gasteiger partial charge is 0.497 e. The van der Waals surface area contributed by atoms with Gasteiger partial charge in [-0.05, 0) is 49.4 Å². The van der Waals surface area contributed by atoms with Crippen LogP contribution in [0.1, 0.15) is 35.7 Å². The summed E-state index contributed by atoms with van der Waals surface area (Å²) in [7, 11) is 3.12. The number of piperidine rings is 1. The maximum Gasteiger partial charge on any atom is 0.253 e. The summed E-state index contributed by atoms with van der Waals surface area (Å²) in [5, 5.41) is 5.98. The summed E-state index contributed by atoms with van der Waals surface area (Å²) < 4.78 is 10.5. The van der Waals surface area contributed by atoms with Gasteiger partial charge in [-0.25, -0.2) is 0 Å². The number of ether oxygens (including phenoxy) is 2. The lowest BCUT2D eigenvalue weighted by Gasteiger charge is -2.31. The van der Waals surface area contributed by atoms with Crippen LogP contribution in [0.2, 0.25) is 0 Å². The predicted octanol–water partition coefficient (Wildman–Crippen LogP) is 3.93. The molecule has 0 bridgehead atoms. The van der Waals surface area contributed by atoms with E-state index < -0.39 is 0 Å². The molecule has 2 aromatic rings. The summed E-state index contributed by atoms with van der Waals surface area (Å²) in [5.41, 5.74) is 3.02. The van der Waals surface area contributed by atoms with Gasteiger partial charge in [0.2, 0.25) is 5.91 Å². The van der Waals surface area contributed by atoms with Gasteiger partial charge in [-0.3, -0.25) is 9.59 Å². The van der Waals surface area contributed by atoms with E-state index in [1.54, 1.807) is 32.4 Å². The second-order valence-corrected chi connectivity index (χ2v) is 8.03. The molecule has 2 aromatic carbocycles. The number of amides is 2. The number of methoxy groups -OCH3 is 2. The monoisotopic (exact) mass is 425 g/mol. The maximum absolute atomic E-state index is 12.8. The Morgan fingerprint density at radius 2 is 1.81 bits per heavy atom. The molecule has 1 aliphatic rings. The minimum absolute atomic E-state index is 0.0749. The number of hydrogen-bond acceptors (Lipinski definition) is 5. The van der Waals surface area contributed by atoms with Crippen LogP contribution in [0.25, 0.3) is 0 Å². The van der Waals surface area contributed by atoms with Crippen LogP contribution < -0.4 is 20.1 Å². The molecule has 1 saturated heterocycles. The Kier molecular flexibility index (Phi) is 7.39. The van der Waals surface area contributed by atoms with E-state index in [0.717, 1.165) is 30.8 Å². The van der Waals surface area contributed by atoms with Crippen LogP contribution in [0.4, 0.5) is 11.4 Å². The second-order valence-electron chi connectivity index (χ2n) is 8.03. The van der Waals surface area contributed by atoms with E-state index in [2.05, 4.69) is 17.6 Å². The molecule has 1 aliphatic heterocycles. The predicted molar refractivity (Wildman–Crippen MR) is 122 cm³/mol. The van der Waals surface area contributed by atoms with E-state index in [0.29, 0.717) is 28.7 Å². The van der Waals surface area contributed by atoms with Gasteiger partial charge in [0.25, 0.3) is 5.91 Å². The summed E-state index contributed by atoms with van der Waals surface area (Å²) in [6.45, 7) is 5.84. The molecule has 0 saturated carbocycles. The second kappa shape index (κ2) is 10.2. The Morgan fingerprint density at radius 1 is 1.10 bits per heavy atom. The van der Waals surface area contributed by atoms with Gasteiger partial charge in [-0.1, -0.05) is 6.92 Å². The third-order valence-corrected chi connectivity index (χ3v) is 5.49. The molecule has 0 spiro atoms. The Balaban J connectivity index is 1.59. The molecule has 3 rings (SSSR count). The summed E-state index contributed by atoms with van der Waals surface area (Å²) in [6, 6.07) is 10.8. The highest BCUT2D eigenvalue weighted by Gasteiger charge is 2.22. The molecule has 1 atom stereocenters. The van der Waals surface area contributed by atoms with Crippen LogP contribution in [0.5, 0.6) is 11.5 Å². The Morgan fingerprint density at radius 3 is 2.42 bits per heavy atom. The first kappa shape index (κ1) is 22.5. The molecular formula is C24H31N3O4. The number of hydrogen-bond donors (Lipinski definition) is 2. The van der Waals surface area contributed by atoms with Gasteiger partial charge in [-0.2, -0.15) is 0 Å². The first-order valence-corrected chi connectivity index (χ1v) is 10.6. The van der Waals surface area contributed by atoms with Crippen molar-refractivity contribution in [3.8, 4) is 11.5 Å². The average molecular weight is 426 g/mol. The fourth-order valence-electron chi connectivity index (χ4n) is 3.81. The van der Waals surface area contributed by atoms with Crippen LogP contribution in [0.3, 0.4) is 0 Å². The van der Waals surface area contributed by atoms with E-state index in [1.807, 2.05) is 30.0 Å². The van der Waals surface area contributed by atoms with Crippen molar-refractivity contribution in [2.24, 2.45) is 5.92 Å². The molecule has 1 unspecified atom stereocenters.